The van der Waals surface area contributed by atoms with Crippen molar-refractivity contribution in [1.82, 2.24) is 5.06 Å². The fourth-order valence-corrected chi connectivity index (χ4v) is 5.70. The normalized spacial score (nSPS) is 21.5. The average Bonchev–Trinajstić information content (AvgIpc) is 3.46. The van der Waals surface area contributed by atoms with Crippen LogP contribution in [0, 0.1) is 0 Å². The number of nitrogens with zero attached hydrogens (tertiary/aromatic N) is 2. The minimum atomic E-state index is -2.98. The number of thiophene rings is 1. The smallest absolute Gasteiger partial charge is 0.369 e. The second kappa shape index (κ2) is 13.9. The maximum Gasteiger partial charge on any atom is 0.369 e. The highest BCUT2D eigenvalue weighted by molar-refractivity contribution is 7.09. The molecule has 1 aliphatic rings. The lowest BCUT2D eigenvalue weighted by Crippen LogP contribution is -2.67. The van der Waals surface area contributed by atoms with E-state index >= 15 is 0 Å². The number of likely N-dealkylation sites (tertiary alicyclic amines) is 1. The van der Waals surface area contributed by atoms with Crippen LogP contribution in [0.4, 0.5) is 0 Å². The molecule has 0 saturated carbocycles. The molecule has 0 bridgehead atoms. The summed E-state index contributed by atoms with van der Waals surface area (Å²) >= 11 is 1.48. The Morgan fingerprint density at radius 1 is 1.07 bits per heavy atom. The Labute approximate surface area is 246 Å². The number of hydrogen-bond donors (Lipinski definition) is 2. The van der Waals surface area contributed by atoms with Gasteiger partial charge in [-0.05, 0) is 17.0 Å². The third-order valence-corrected chi connectivity index (χ3v) is 8.15. The number of amides is 1. The van der Waals surface area contributed by atoms with Crippen LogP contribution in [0.5, 0.6) is 0 Å². The van der Waals surface area contributed by atoms with Gasteiger partial charge in [0.1, 0.15) is 31.8 Å². The first-order chi connectivity index (χ1) is 19.8. The molecule has 0 aliphatic carbocycles. The lowest BCUT2D eigenvalue weighted by Gasteiger charge is -2.47. The lowest BCUT2D eigenvalue weighted by atomic mass is 9.86. The van der Waals surface area contributed by atoms with E-state index in [0.717, 1.165) is 15.5 Å². The summed E-state index contributed by atoms with van der Waals surface area (Å²) in [6.45, 7) is 1.46. The number of aliphatic hydroxyl groups is 1. The number of piperidine rings is 1. The Balaban J connectivity index is 1.87. The molecule has 1 aliphatic heterocycles. The highest BCUT2D eigenvalue weighted by Gasteiger charge is 2.56. The maximum absolute atomic E-state index is 13.2. The summed E-state index contributed by atoms with van der Waals surface area (Å²) in [7, 11) is 1.19. The van der Waals surface area contributed by atoms with Crippen molar-refractivity contribution < 1.29 is 58.4 Å². The molecular formula is C28H34N2O11S. The largest absolute Gasteiger partial charge is 0.547 e. The van der Waals surface area contributed by atoms with Crippen LogP contribution < -0.4 is 5.11 Å². The van der Waals surface area contributed by atoms with Crippen molar-refractivity contribution in [1.29, 1.82) is 0 Å². The number of quaternary nitrogens is 1. The van der Waals surface area contributed by atoms with Gasteiger partial charge in [0.25, 0.3) is 0 Å². The minimum absolute atomic E-state index is 0.00207. The number of hydroxylamine groups is 5. The Morgan fingerprint density at radius 2 is 1.74 bits per heavy atom. The van der Waals surface area contributed by atoms with Crippen molar-refractivity contribution in [3.63, 3.8) is 0 Å². The number of aliphatic carboxylic acids is 2. The van der Waals surface area contributed by atoms with Crippen LogP contribution in [0.1, 0.15) is 43.0 Å². The number of rotatable bonds is 14. The zero-order valence-corrected chi connectivity index (χ0v) is 24.2. The number of carboxylic acid groups (broad SMARTS) is 2. The Morgan fingerprint density at radius 3 is 2.26 bits per heavy atom. The molecule has 1 unspecified atom stereocenters. The summed E-state index contributed by atoms with van der Waals surface area (Å²) in [6.07, 6.45) is -2.08. The molecule has 1 saturated heterocycles. The molecule has 14 heteroatoms. The van der Waals surface area contributed by atoms with Gasteiger partial charge >= 0.3 is 17.9 Å². The van der Waals surface area contributed by atoms with Crippen LogP contribution >= 0.6 is 11.3 Å². The van der Waals surface area contributed by atoms with Crippen molar-refractivity contribution in [2.24, 2.45) is 0 Å². The van der Waals surface area contributed by atoms with E-state index in [2.05, 4.69) is 0 Å². The molecule has 42 heavy (non-hydrogen) atoms. The van der Waals surface area contributed by atoms with Crippen molar-refractivity contribution in [3.8, 4) is 0 Å². The molecule has 1 aromatic heterocycles. The van der Waals surface area contributed by atoms with E-state index < -0.39 is 53.8 Å². The molecule has 2 N–H and O–H groups in total. The molecule has 228 valence electrons. The number of ether oxygens (including phenoxy) is 1. The van der Waals surface area contributed by atoms with Crippen LogP contribution in [0.3, 0.4) is 0 Å². The summed E-state index contributed by atoms with van der Waals surface area (Å²) < 4.78 is 4.71. The van der Waals surface area contributed by atoms with Crippen LogP contribution in [-0.4, -0.2) is 87.6 Å². The molecule has 3 rings (SSSR count). The zero-order chi connectivity index (χ0) is 31.0. The lowest BCUT2D eigenvalue weighted by molar-refractivity contribution is -1.09. The number of carboxylic acids is 2. The van der Waals surface area contributed by atoms with E-state index in [4.69, 9.17) is 19.5 Å². The summed E-state index contributed by atoms with van der Waals surface area (Å²) in [4.78, 5) is 74.2. The molecule has 1 aromatic carbocycles. The molecule has 2 heterocycles. The van der Waals surface area contributed by atoms with Gasteiger partial charge < -0.3 is 24.9 Å². The number of hydrogen-bond acceptors (Lipinski definition) is 11. The predicted octanol–water partition coefficient (Wildman–Crippen LogP) is 0.597. The first-order valence-electron chi connectivity index (χ1n) is 13.2. The van der Waals surface area contributed by atoms with Gasteiger partial charge in [0.2, 0.25) is 5.91 Å². The van der Waals surface area contributed by atoms with Gasteiger partial charge in [-0.3, -0.25) is 19.3 Å². The molecule has 1 amide bonds. The minimum Gasteiger partial charge on any atom is -0.547 e. The Kier molecular flexibility index (Phi) is 10.8. The first kappa shape index (κ1) is 32.7. The maximum atomic E-state index is 13.2. The highest BCUT2D eigenvalue weighted by Crippen LogP contribution is 2.36. The molecule has 13 nitrogen and oxygen atoms in total. The Hall–Kier alpha value is -3.85. The van der Waals surface area contributed by atoms with E-state index in [1.807, 2.05) is 23.6 Å². The number of carbonyl (C=O) groups is 5. The summed E-state index contributed by atoms with van der Waals surface area (Å²) in [5.74, 6) is -6.19. The number of methoxy groups -OCH3 is 1. The fraction of sp³-hybridized carbons (Fsp3) is 0.464. The van der Waals surface area contributed by atoms with Gasteiger partial charge in [-0.2, -0.15) is 0 Å². The van der Waals surface area contributed by atoms with Gasteiger partial charge in [0.05, 0.1) is 25.9 Å². The van der Waals surface area contributed by atoms with Crippen LogP contribution in [0.2, 0.25) is 0 Å². The zero-order valence-electron chi connectivity index (χ0n) is 23.4. The van der Waals surface area contributed by atoms with E-state index in [1.165, 1.54) is 25.4 Å². The highest BCUT2D eigenvalue weighted by atomic mass is 32.1. The van der Waals surface area contributed by atoms with Gasteiger partial charge in [0.15, 0.2) is 5.54 Å². The van der Waals surface area contributed by atoms with E-state index in [-0.39, 0.29) is 43.7 Å². The summed E-state index contributed by atoms with van der Waals surface area (Å²) in [5, 5.41) is 33.7. The van der Waals surface area contributed by atoms with Crippen molar-refractivity contribution >= 4 is 41.1 Å². The molecule has 2 aromatic rings. The van der Waals surface area contributed by atoms with Crippen molar-refractivity contribution in [2.45, 2.75) is 56.8 Å². The van der Waals surface area contributed by atoms with E-state index in [1.54, 1.807) is 24.3 Å². The van der Waals surface area contributed by atoms with Crippen LogP contribution in [0.15, 0.2) is 47.8 Å². The monoisotopic (exact) mass is 606 g/mol. The van der Waals surface area contributed by atoms with E-state index in [9.17, 15) is 34.2 Å². The SMILES string of the molecule is COC(=O)C1(N(OCc2ccccc2)C(C)=O)CC[N+](CCc2cccs2)(OC(=O)CC(O)(CC(=O)O)C(=O)[O-])CC1. The average molecular weight is 607 g/mol. The number of benzene rings is 1. The number of carbonyl (C=O) groups excluding carboxylic acids is 4. The molecule has 1 fully saturated rings. The van der Waals surface area contributed by atoms with Gasteiger partial charge in [0, 0.05) is 31.1 Å². The predicted molar refractivity (Wildman–Crippen MR) is 144 cm³/mol. The fourth-order valence-electron chi connectivity index (χ4n) is 5.00. The quantitative estimate of drug-likeness (QED) is 0.175. The van der Waals surface area contributed by atoms with Crippen LogP contribution in [-0.2, 0) is 51.4 Å². The molecule has 1 atom stereocenters. The first-order valence-corrected chi connectivity index (χ1v) is 14.1. The number of esters is 1. The van der Waals surface area contributed by atoms with Gasteiger partial charge in [-0.1, -0.05) is 36.4 Å². The standard InChI is InChI=1S/C28H34N2O11S/c1-20(31)29(40-19-21-7-4-3-5-8-21)27(26(37)39-2)11-14-30(15-12-27,13-10-22-9-6-16-42-22)41-24(34)18-28(38,25(35)36)17-23(32)33/h3-9,16,38H,10-15,17-19H2,1-2H3,(H-,32,33,35,36). The summed E-state index contributed by atoms with van der Waals surface area (Å²) in [6, 6.07) is 12.8. The second-order valence-corrected chi connectivity index (χ2v) is 11.2. The topological polar surface area (TPSA) is 180 Å². The third kappa shape index (κ3) is 7.91. The van der Waals surface area contributed by atoms with E-state index in [0.29, 0.717) is 6.42 Å². The van der Waals surface area contributed by atoms with Crippen molar-refractivity contribution in [3.05, 3.63) is 58.3 Å². The molecule has 0 radical (unpaired) electrons. The molecule has 0 spiro atoms. The van der Waals surface area contributed by atoms with Crippen LogP contribution in [0.25, 0.3) is 0 Å². The van der Waals surface area contributed by atoms with Gasteiger partial charge in [-0.25, -0.2) is 14.7 Å². The third-order valence-electron chi connectivity index (χ3n) is 7.21. The van der Waals surface area contributed by atoms with Gasteiger partial charge in [-0.15, -0.1) is 16.0 Å². The summed E-state index contributed by atoms with van der Waals surface area (Å²) in [5.41, 5.74) is -3.78. The Bertz CT molecular complexity index is 1260. The second-order valence-electron chi connectivity index (χ2n) is 10.2. The van der Waals surface area contributed by atoms with Crippen molar-refractivity contribution in [2.75, 3.05) is 26.7 Å². The molecular weight excluding hydrogens is 572 g/mol.